The number of hydrogen-bond acceptors (Lipinski definition) is 4. The molecule has 3 rings (SSSR count). The summed E-state index contributed by atoms with van der Waals surface area (Å²) in [5.74, 6) is 1.70. The second kappa shape index (κ2) is 9.36. The molecule has 2 fully saturated rings. The molecule has 1 amide bonds. The van der Waals surface area contributed by atoms with E-state index in [4.69, 9.17) is 9.47 Å². The van der Waals surface area contributed by atoms with Crippen LogP contribution in [0.25, 0.3) is 0 Å². The second-order valence-corrected chi connectivity index (χ2v) is 10.1. The molecule has 1 aromatic rings. The molecule has 5 atom stereocenters. The van der Waals surface area contributed by atoms with Gasteiger partial charge >= 0.3 is 0 Å². The lowest BCUT2D eigenvalue weighted by Gasteiger charge is -2.52. The number of amides is 1. The zero-order valence-electron chi connectivity index (χ0n) is 17.9. The van der Waals surface area contributed by atoms with Crippen molar-refractivity contribution in [2.24, 2.45) is 17.8 Å². The number of rotatable bonds is 6. The molecule has 1 saturated heterocycles. The summed E-state index contributed by atoms with van der Waals surface area (Å²) < 4.78 is 13.4. The summed E-state index contributed by atoms with van der Waals surface area (Å²) in [4.78, 5) is 12.6. The zero-order chi connectivity index (χ0) is 21.2. The molecule has 2 N–H and O–H groups in total. The fourth-order valence-electron chi connectivity index (χ4n) is 4.81. The van der Waals surface area contributed by atoms with Crippen LogP contribution in [0.5, 0.6) is 5.75 Å². The predicted molar refractivity (Wildman–Crippen MR) is 117 cm³/mol. The van der Waals surface area contributed by atoms with Gasteiger partial charge in [0.15, 0.2) is 0 Å². The van der Waals surface area contributed by atoms with E-state index >= 15 is 0 Å². The van der Waals surface area contributed by atoms with Crippen molar-refractivity contribution < 1.29 is 19.4 Å². The largest absolute Gasteiger partial charge is 0.491 e. The van der Waals surface area contributed by atoms with Crippen LogP contribution in [0.15, 0.2) is 22.7 Å². The average molecular weight is 468 g/mol. The predicted octanol–water partition coefficient (Wildman–Crippen LogP) is 4.62. The molecule has 0 unspecified atom stereocenters. The van der Waals surface area contributed by atoms with Gasteiger partial charge in [0.1, 0.15) is 12.4 Å². The van der Waals surface area contributed by atoms with Gasteiger partial charge in [-0.1, -0.05) is 43.1 Å². The zero-order valence-corrected chi connectivity index (χ0v) is 19.5. The Kier molecular flexibility index (Phi) is 7.28. The normalized spacial score (nSPS) is 32.0. The minimum Gasteiger partial charge on any atom is -0.491 e. The number of nitrogens with one attached hydrogen (secondary N) is 1. The molecule has 5 nitrogen and oxygen atoms in total. The van der Waals surface area contributed by atoms with Crippen molar-refractivity contribution in [3.05, 3.63) is 28.2 Å². The van der Waals surface area contributed by atoms with Crippen molar-refractivity contribution in [1.82, 2.24) is 5.32 Å². The van der Waals surface area contributed by atoms with Crippen molar-refractivity contribution >= 4 is 21.8 Å². The van der Waals surface area contributed by atoms with Crippen LogP contribution in [-0.4, -0.2) is 35.9 Å². The third-order valence-electron chi connectivity index (χ3n) is 6.42. The number of ether oxygens (including phenoxy) is 2. The monoisotopic (exact) mass is 467 g/mol. The molecule has 6 heteroatoms. The summed E-state index contributed by atoms with van der Waals surface area (Å²) in [6, 6.07) is 5.89. The number of halogens is 1. The molecule has 29 heavy (non-hydrogen) atoms. The lowest BCUT2D eigenvalue weighted by Crippen LogP contribution is -2.61. The number of hydrogen-bond donors (Lipinski definition) is 2. The second-order valence-electron chi connectivity index (χ2n) is 9.21. The van der Waals surface area contributed by atoms with Gasteiger partial charge in [0.2, 0.25) is 5.91 Å². The molecule has 1 aliphatic carbocycles. The van der Waals surface area contributed by atoms with Gasteiger partial charge in [0.25, 0.3) is 0 Å². The first-order valence-corrected chi connectivity index (χ1v) is 11.5. The highest BCUT2D eigenvalue weighted by atomic mass is 79.9. The highest BCUT2D eigenvalue weighted by Crippen LogP contribution is 2.49. The molecule has 0 spiro atoms. The molecule has 0 aromatic heterocycles. The van der Waals surface area contributed by atoms with Crippen molar-refractivity contribution in [1.29, 1.82) is 0 Å². The number of carbonyl (C=O) groups is 1. The van der Waals surface area contributed by atoms with Gasteiger partial charge in [-0.2, -0.15) is 0 Å². The lowest BCUT2D eigenvalue weighted by molar-refractivity contribution is -0.155. The SMILES string of the molecule is CC(C)C(=O)N[C@@]1(C)C[C@@H](c2cc(Br)ccc2OCCO)O[C@H]2C[C@@H](C)CC[C@@H]21. The van der Waals surface area contributed by atoms with E-state index in [1.165, 1.54) is 6.42 Å². The summed E-state index contributed by atoms with van der Waals surface area (Å²) >= 11 is 3.57. The molecule has 1 saturated carbocycles. The highest BCUT2D eigenvalue weighted by molar-refractivity contribution is 9.10. The van der Waals surface area contributed by atoms with Crippen LogP contribution in [-0.2, 0) is 9.53 Å². The third-order valence-corrected chi connectivity index (χ3v) is 6.91. The van der Waals surface area contributed by atoms with E-state index in [1.54, 1.807) is 0 Å². The number of aliphatic hydroxyl groups excluding tert-OH is 1. The van der Waals surface area contributed by atoms with Crippen LogP contribution >= 0.6 is 15.9 Å². The third kappa shape index (κ3) is 5.15. The molecule has 162 valence electrons. The summed E-state index contributed by atoms with van der Waals surface area (Å²) in [5, 5.41) is 12.6. The highest BCUT2D eigenvalue weighted by Gasteiger charge is 2.50. The first-order valence-electron chi connectivity index (χ1n) is 10.7. The van der Waals surface area contributed by atoms with Gasteiger partial charge in [0, 0.05) is 33.8 Å². The van der Waals surface area contributed by atoms with Crippen molar-refractivity contribution in [2.75, 3.05) is 13.2 Å². The number of benzene rings is 1. The number of carbonyl (C=O) groups excluding carboxylic acids is 1. The first-order chi connectivity index (χ1) is 13.7. The molecule has 2 aliphatic rings. The minimum absolute atomic E-state index is 0.0363. The Morgan fingerprint density at radius 3 is 2.86 bits per heavy atom. The Labute approximate surface area is 182 Å². The van der Waals surface area contributed by atoms with Crippen molar-refractivity contribution in [2.45, 2.75) is 71.1 Å². The van der Waals surface area contributed by atoms with Crippen LogP contribution in [0.2, 0.25) is 0 Å². The number of fused-ring (bicyclic) bond motifs is 1. The van der Waals surface area contributed by atoms with Gasteiger partial charge in [-0.25, -0.2) is 0 Å². The Morgan fingerprint density at radius 1 is 1.41 bits per heavy atom. The molecule has 1 aromatic carbocycles. The topological polar surface area (TPSA) is 67.8 Å². The van der Waals surface area contributed by atoms with Crippen LogP contribution < -0.4 is 10.1 Å². The van der Waals surface area contributed by atoms with E-state index < -0.39 is 0 Å². The van der Waals surface area contributed by atoms with E-state index in [9.17, 15) is 9.90 Å². The van der Waals surface area contributed by atoms with Gasteiger partial charge in [-0.05, 0) is 43.9 Å². The minimum atomic E-state index is -0.328. The standard InChI is InChI=1S/C23H34BrNO4/c1-14(2)22(27)25-23(4)13-21(29-20-11-15(3)5-7-18(20)23)17-12-16(24)6-8-19(17)28-10-9-26/h6,8,12,14-15,18,20-21,26H,5,7,9-11,13H2,1-4H3,(H,25,27)/t15-,18-,20-,21-,23-/m0/s1. The van der Waals surface area contributed by atoms with Crippen molar-refractivity contribution in [3.63, 3.8) is 0 Å². The molecule has 1 aliphatic heterocycles. The summed E-state index contributed by atoms with van der Waals surface area (Å²) in [6.07, 6.45) is 3.89. The average Bonchev–Trinajstić information content (AvgIpc) is 2.66. The van der Waals surface area contributed by atoms with Crippen LogP contribution in [0.1, 0.15) is 65.0 Å². The Hall–Kier alpha value is -1.11. The summed E-state index contributed by atoms with van der Waals surface area (Å²) in [7, 11) is 0. The molecular formula is C23H34BrNO4. The fourth-order valence-corrected chi connectivity index (χ4v) is 5.19. The van der Waals surface area contributed by atoms with Gasteiger partial charge in [-0.15, -0.1) is 0 Å². The van der Waals surface area contributed by atoms with E-state index in [1.807, 2.05) is 32.0 Å². The Balaban J connectivity index is 1.94. The van der Waals surface area contributed by atoms with E-state index in [0.717, 1.165) is 28.6 Å². The van der Waals surface area contributed by atoms with Crippen LogP contribution in [0.3, 0.4) is 0 Å². The fraction of sp³-hybridized carbons (Fsp3) is 0.696. The van der Waals surface area contributed by atoms with E-state index in [2.05, 4.69) is 35.1 Å². The molecule has 0 bridgehead atoms. The molecule has 0 radical (unpaired) electrons. The number of aliphatic hydroxyl groups is 1. The Morgan fingerprint density at radius 2 is 2.17 bits per heavy atom. The summed E-state index contributed by atoms with van der Waals surface area (Å²) in [5.41, 5.74) is 0.639. The molecule has 1 heterocycles. The van der Waals surface area contributed by atoms with Gasteiger partial charge in [-0.3, -0.25) is 4.79 Å². The van der Waals surface area contributed by atoms with Gasteiger partial charge < -0.3 is 19.9 Å². The molecular weight excluding hydrogens is 434 g/mol. The van der Waals surface area contributed by atoms with Crippen LogP contribution in [0.4, 0.5) is 0 Å². The first kappa shape index (κ1) is 22.6. The maximum Gasteiger partial charge on any atom is 0.222 e. The lowest BCUT2D eigenvalue weighted by atomic mass is 9.66. The van der Waals surface area contributed by atoms with E-state index in [0.29, 0.717) is 18.3 Å². The van der Waals surface area contributed by atoms with Gasteiger partial charge in [0.05, 0.1) is 18.8 Å². The smallest absolute Gasteiger partial charge is 0.222 e. The maximum absolute atomic E-state index is 12.6. The van der Waals surface area contributed by atoms with Crippen LogP contribution in [0, 0.1) is 17.8 Å². The quantitative estimate of drug-likeness (QED) is 0.640. The van der Waals surface area contributed by atoms with E-state index in [-0.39, 0.29) is 42.8 Å². The summed E-state index contributed by atoms with van der Waals surface area (Å²) in [6.45, 7) is 8.54. The van der Waals surface area contributed by atoms with Crippen molar-refractivity contribution in [3.8, 4) is 5.75 Å². The maximum atomic E-state index is 12.6. The Bertz CT molecular complexity index is 725.